The van der Waals surface area contributed by atoms with Crippen molar-refractivity contribution < 1.29 is 9.13 Å². The van der Waals surface area contributed by atoms with Gasteiger partial charge in [-0.1, -0.05) is 30.3 Å². The van der Waals surface area contributed by atoms with Gasteiger partial charge in [-0.3, -0.25) is 4.90 Å². The summed E-state index contributed by atoms with van der Waals surface area (Å²) in [7, 11) is 1.90. The molecule has 4 heteroatoms. The van der Waals surface area contributed by atoms with Crippen molar-refractivity contribution in [1.29, 1.82) is 0 Å². The zero-order chi connectivity index (χ0) is 12.0. The molecule has 16 heavy (non-hydrogen) atoms. The van der Waals surface area contributed by atoms with E-state index in [9.17, 15) is 4.39 Å². The number of benzene rings is 1. The number of likely N-dealkylation sites (N-methyl/N-ethyl adjacent to an activating group) is 1. The van der Waals surface area contributed by atoms with Crippen LogP contribution in [0.3, 0.4) is 0 Å². The fourth-order valence-electron chi connectivity index (χ4n) is 1.25. The summed E-state index contributed by atoms with van der Waals surface area (Å²) in [4.78, 5) is 1.95. The highest BCUT2D eigenvalue weighted by atomic mass is 35.5. The Hall–Kier alpha value is -1.06. The first-order valence-electron chi connectivity index (χ1n) is 4.98. The third kappa shape index (κ3) is 4.64. The van der Waals surface area contributed by atoms with Gasteiger partial charge in [0.15, 0.2) is 11.6 Å². The van der Waals surface area contributed by atoms with Gasteiger partial charge in [0.05, 0.1) is 0 Å². The Labute approximate surface area is 100 Å². The van der Waals surface area contributed by atoms with Gasteiger partial charge < -0.3 is 4.74 Å². The molecular weight excluding hydrogens is 229 g/mol. The van der Waals surface area contributed by atoms with Crippen LogP contribution in [0.15, 0.2) is 35.9 Å². The smallest absolute Gasteiger partial charge is 0.165 e. The molecule has 0 radical (unpaired) electrons. The monoisotopic (exact) mass is 243 g/mol. The summed E-state index contributed by atoms with van der Waals surface area (Å²) in [5.74, 6) is -0.0625. The van der Waals surface area contributed by atoms with Crippen LogP contribution in [-0.2, 0) is 0 Å². The van der Waals surface area contributed by atoms with Crippen molar-refractivity contribution in [2.45, 2.75) is 0 Å². The van der Waals surface area contributed by atoms with E-state index in [1.54, 1.807) is 18.2 Å². The molecule has 2 nitrogen and oxygen atoms in total. The van der Waals surface area contributed by atoms with Crippen LogP contribution in [-0.4, -0.2) is 31.6 Å². The Morgan fingerprint density at radius 1 is 1.50 bits per heavy atom. The summed E-state index contributed by atoms with van der Waals surface area (Å²) in [5.41, 5.74) is 0. The summed E-state index contributed by atoms with van der Waals surface area (Å²) in [6, 6.07) is 6.35. The number of halogens is 2. The Kier molecular flexibility index (Phi) is 5.29. The van der Waals surface area contributed by atoms with Crippen molar-refractivity contribution in [2.75, 3.05) is 26.7 Å². The Morgan fingerprint density at radius 3 is 2.81 bits per heavy atom. The first-order valence-corrected chi connectivity index (χ1v) is 5.36. The maximum absolute atomic E-state index is 13.2. The molecule has 0 fully saturated rings. The van der Waals surface area contributed by atoms with Crippen LogP contribution in [0.2, 0.25) is 0 Å². The van der Waals surface area contributed by atoms with Crippen LogP contribution >= 0.6 is 11.6 Å². The molecule has 0 aliphatic rings. The van der Waals surface area contributed by atoms with Crippen molar-refractivity contribution in [1.82, 2.24) is 4.90 Å². The molecule has 0 unspecified atom stereocenters. The molecule has 1 rings (SSSR count). The topological polar surface area (TPSA) is 12.5 Å². The summed E-state index contributed by atoms with van der Waals surface area (Å²) in [5, 5.41) is 0.577. The van der Waals surface area contributed by atoms with Gasteiger partial charge in [0.1, 0.15) is 6.61 Å². The fourth-order valence-corrected chi connectivity index (χ4v) is 1.45. The molecule has 0 aromatic heterocycles. The molecule has 0 amide bonds. The molecule has 0 heterocycles. The molecule has 0 atom stereocenters. The van der Waals surface area contributed by atoms with Gasteiger partial charge in [-0.15, -0.1) is 0 Å². The maximum atomic E-state index is 13.2. The van der Waals surface area contributed by atoms with Crippen molar-refractivity contribution in [2.24, 2.45) is 0 Å². The lowest BCUT2D eigenvalue weighted by Gasteiger charge is -2.16. The first-order chi connectivity index (χ1) is 7.59. The second-order valence-electron chi connectivity index (χ2n) is 3.53. The molecule has 0 aliphatic heterocycles. The zero-order valence-electron chi connectivity index (χ0n) is 9.25. The van der Waals surface area contributed by atoms with Crippen molar-refractivity contribution in [3.63, 3.8) is 0 Å². The molecule has 0 aliphatic carbocycles. The third-order valence-corrected chi connectivity index (χ3v) is 2.13. The minimum atomic E-state index is -0.341. The third-order valence-electron chi connectivity index (χ3n) is 2.01. The SMILES string of the molecule is C=C(Cl)CN(C)CCOc1ccccc1F. The van der Waals surface area contributed by atoms with E-state index in [-0.39, 0.29) is 11.6 Å². The molecule has 88 valence electrons. The summed E-state index contributed by atoms with van der Waals surface area (Å²) >= 11 is 5.66. The first kappa shape index (κ1) is 13.0. The van der Waals surface area contributed by atoms with Crippen LogP contribution in [0.4, 0.5) is 4.39 Å². The summed E-state index contributed by atoms with van der Waals surface area (Å²) in [6.45, 7) is 5.28. The number of rotatable bonds is 6. The van der Waals surface area contributed by atoms with Crippen LogP contribution in [0.25, 0.3) is 0 Å². The summed E-state index contributed by atoms with van der Waals surface area (Å²) < 4.78 is 18.4. The number of hydrogen-bond donors (Lipinski definition) is 0. The van der Waals surface area contributed by atoms with E-state index in [4.69, 9.17) is 16.3 Å². The van der Waals surface area contributed by atoms with Gasteiger partial charge in [-0.2, -0.15) is 0 Å². The number of nitrogens with zero attached hydrogens (tertiary/aromatic N) is 1. The second-order valence-corrected chi connectivity index (χ2v) is 4.07. The Bertz CT molecular complexity index is 357. The van der Waals surface area contributed by atoms with Gasteiger partial charge >= 0.3 is 0 Å². The van der Waals surface area contributed by atoms with Crippen molar-refractivity contribution in [3.8, 4) is 5.75 Å². The quantitative estimate of drug-likeness (QED) is 0.762. The van der Waals surface area contributed by atoms with E-state index in [0.717, 1.165) is 0 Å². The number of para-hydroxylation sites is 1. The Morgan fingerprint density at radius 2 is 2.19 bits per heavy atom. The lowest BCUT2D eigenvalue weighted by atomic mass is 10.3. The van der Waals surface area contributed by atoms with E-state index in [2.05, 4.69) is 6.58 Å². The van der Waals surface area contributed by atoms with Crippen LogP contribution in [0.1, 0.15) is 0 Å². The number of hydrogen-bond acceptors (Lipinski definition) is 2. The van der Waals surface area contributed by atoms with Crippen LogP contribution in [0.5, 0.6) is 5.75 Å². The second kappa shape index (κ2) is 6.51. The zero-order valence-corrected chi connectivity index (χ0v) is 10.0. The molecule has 1 aromatic carbocycles. The molecule has 0 N–H and O–H groups in total. The largest absolute Gasteiger partial charge is 0.489 e. The lowest BCUT2D eigenvalue weighted by molar-refractivity contribution is 0.241. The predicted octanol–water partition coefficient (Wildman–Crippen LogP) is 2.89. The molecule has 0 saturated heterocycles. The molecule has 0 saturated carbocycles. The Balaban J connectivity index is 2.30. The normalized spacial score (nSPS) is 10.5. The van der Waals surface area contributed by atoms with Gasteiger partial charge in [0.25, 0.3) is 0 Å². The van der Waals surface area contributed by atoms with E-state index in [1.165, 1.54) is 6.07 Å². The highest BCUT2D eigenvalue weighted by molar-refractivity contribution is 6.29. The minimum absolute atomic E-state index is 0.278. The van der Waals surface area contributed by atoms with Gasteiger partial charge in [0.2, 0.25) is 0 Å². The molecular formula is C12H15ClFNO. The molecule has 1 aromatic rings. The van der Waals surface area contributed by atoms with Crippen LogP contribution in [0, 0.1) is 5.82 Å². The van der Waals surface area contributed by atoms with E-state index >= 15 is 0 Å². The minimum Gasteiger partial charge on any atom is -0.489 e. The van der Waals surface area contributed by atoms with Crippen molar-refractivity contribution >= 4 is 11.6 Å². The fraction of sp³-hybridized carbons (Fsp3) is 0.333. The average Bonchev–Trinajstić information content (AvgIpc) is 2.19. The maximum Gasteiger partial charge on any atom is 0.165 e. The average molecular weight is 244 g/mol. The number of ether oxygens (including phenoxy) is 1. The van der Waals surface area contributed by atoms with E-state index in [1.807, 2.05) is 11.9 Å². The highest BCUT2D eigenvalue weighted by Gasteiger charge is 2.03. The standard InChI is InChI=1S/C12H15ClFNO/c1-10(13)9-15(2)7-8-16-12-6-4-3-5-11(12)14/h3-6H,1,7-9H2,2H3. The highest BCUT2D eigenvalue weighted by Crippen LogP contribution is 2.15. The van der Waals surface area contributed by atoms with Gasteiger partial charge in [-0.25, -0.2) is 4.39 Å². The van der Waals surface area contributed by atoms with Gasteiger partial charge in [-0.05, 0) is 19.2 Å². The van der Waals surface area contributed by atoms with E-state index < -0.39 is 0 Å². The van der Waals surface area contributed by atoms with Crippen LogP contribution < -0.4 is 4.74 Å². The predicted molar refractivity (Wildman–Crippen MR) is 64.4 cm³/mol. The van der Waals surface area contributed by atoms with Crippen molar-refractivity contribution in [3.05, 3.63) is 41.7 Å². The van der Waals surface area contributed by atoms with Gasteiger partial charge in [0, 0.05) is 18.1 Å². The van der Waals surface area contributed by atoms with E-state index in [0.29, 0.717) is 24.7 Å². The summed E-state index contributed by atoms with van der Waals surface area (Å²) in [6.07, 6.45) is 0. The lowest BCUT2D eigenvalue weighted by Crippen LogP contribution is -2.25. The molecule has 0 spiro atoms. The molecule has 0 bridgehead atoms.